The molecule has 0 aliphatic heterocycles. The molecule has 2 heterocycles. The average molecular weight is 442 g/mol. The molecule has 5 rings (SSSR count). The third-order valence-corrected chi connectivity index (χ3v) is 5.73. The number of ether oxygens (including phenoxy) is 1. The topological polar surface area (TPSA) is 81.9 Å². The summed E-state index contributed by atoms with van der Waals surface area (Å²) in [6.45, 7) is 0.344. The molecular weight excluding hydrogens is 422 g/mol. The van der Waals surface area contributed by atoms with Crippen molar-refractivity contribution < 1.29 is 9.53 Å². The molecule has 5 aromatic rings. The van der Waals surface area contributed by atoms with Crippen molar-refractivity contribution in [2.75, 3.05) is 5.32 Å². The van der Waals surface area contributed by atoms with Gasteiger partial charge in [0.15, 0.2) is 0 Å². The Morgan fingerprint density at radius 3 is 2.44 bits per heavy atom. The zero-order valence-electron chi connectivity index (χ0n) is 17.0. The van der Waals surface area contributed by atoms with Crippen LogP contribution in [0.15, 0.2) is 84.9 Å². The predicted molar refractivity (Wildman–Crippen MR) is 124 cm³/mol. The van der Waals surface area contributed by atoms with Gasteiger partial charge in [-0.15, -0.1) is 10.2 Å². The smallest absolute Gasteiger partial charge is 0.246 e. The fourth-order valence-electron chi connectivity index (χ4n) is 3.35. The molecule has 0 bridgehead atoms. The summed E-state index contributed by atoms with van der Waals surface area (Å²) in [7, 11) is 0. The minimum absolute atomic E-state index is 0.0915. The number of benzene rings is 3. The summed E-state index contributed by atoms with van der Waals surface area (Å²) in [5.74, 6) is 1.22. The van der Waals surface area contributed by atoms with Crippen molar-refractivity contribution in [3.05, 3.63) is 90.8 Å². The van der Waals surface area contributed by atoms with Crippen LogP contribution >= 0.6 is 11.3 Å². The minimum Gasteiger partial charge on any atom is -0.486 e. The number of anilines is 1. The molecular formula is C24H19N5O2S. The number of aromatic nitrogens is 4. The Labute approximate surface area is 188 Å². The van der Waals surface area contributed by atoms with Gasteiger partial charge in [-0.3, -0.25) is 10.1 Å². The fraction of sp³-hybridized carbons (Fsp3) is 0.0833. The lowest BCUT2D eigenvalue weighted by atomic mass is 10.2. The van der Waals surface area contributed by atoms with Crippen molar-refractivity contribution >= 4 is 33.4 Å². The molecule has 0 saturated heterocycles. The molecule has 2 aromatic heterocycles. The quantitative estimate of drug-likeness (QED) is 0.393. The molecule has 0 fully saturated rings. The second-order valence-electron chi connectivity index (χ2n) is 7.03. The van der Waals surface area contributed by atoms with Gasteiger partial charge in [0.25, 0.3) is 0 Å². The summed E-state index contributed by atoms with van der Waals surface area (Å²) in [4.78, 5) is 17.5. The van der Waals surface area contributed by atoms with E-state index in [0.717, 1.165) is 27.4 Å². The second-order valence-corrected chi connectivity index (χ2v) is 8.01. The van der Waals surface area contributed by atoms with Gasteiger partial charge < -0.3 is 9.30 Å². The summed E-state index contributed by atoms with van der Waals surface area (Å²) >= 11 is 1.34. The zero-order chi connectivity index (χ0) is 21.8. The molecule has 1 N–H and O–H groups in total. The van der Waals surface area contributed by atoms with Crippen molar-refractivity contribution in [2.24, 2.45) is 0 Å². The fourth-order valence-corrected chi connectivity index (χ4v) is 4.12. The van der Waals surface area contributed by atoms with Gasteiger partial charge in [-0.25, -0.2) is 4.98 Å². The lowest BCUT2D eigenvalue weighted by Gasteiger charge is -2.10. The number of fused-ring (bicyclic) bond motifs is 1. The number of nitrogens with zero attached hydrogens (tertiary/aromatic N) is 4. The summed E-state index contributed by atoms with van der Waals surface area (Å²) < 4.78 is 7.75. The maximum absolute atomic E-state index is 12.8. The molecule has 7 nitrogen and oxygen atoms in total. The zero-order valence-corrected chi connectivity index (χ0v) is 17.8. The highest BCUT2D eigenvalue weighted by Crippen LogP contribution is 2.26. The monoisotopic (exact) mass is 441 g/mol. The van der Waals surface area contributed by atoms with Gasteiger partial charge in [-0.05, 0) is 24.3 Å². The SMILES string of the molecule is O=C(Cn1c(COc2ccccc2)nc2ccccc21)Nc1nnc(-c2ccccc2)s1. The number of amides is 1. The van der Waals surface area contributed by atoms with E-state index in [1.165, 1.54) is 11.3 Å². The Morgan fingerprint density at radius 2 is 1.62 bits per heavy atom. The normalized spacial score (nSPS) is 10.9. The van der Waals surface area contributed by atoms with E-state index in [9.17, 15) is 4.79 Å². The number of carbonyl (C=O) groups is 1. The van der Waals surface area contributed by atoms with E-state index in [0.29, 0.717) is 11.0 Å². The first kappa shape index (κ1) is 19.9. The summed E-state index contributed by atoms with van der Waals surface area (Å²) in [6, 6.07) is 27.0. The lowest BCUT2D eigenvalue weighted by Crippen LogP contribution is -2.20. The molecule has 8 heteroatoms. The molecule has 0 unspecified atom stereocenters. The van der Waals surface area contributed by atoms with Crippen LogP contribution in [0.5, 0.6) is 5.75 Å². The van der Waals surface area contributed by atoms with E-state index in [1.54, 1.807) is 0 Å². The highest BCUT2D eigenvalue weighted by atomic mass is 32.1. The standard InChI is InChI=1S/C24H19N5O2S/c30-22(26-24-28-27-23(32-24)17-9-3-1-4-10-17)15-29-20-14-8-7-13-19(20)25-21(29)16-31-18-11-5-2-6-12-18/h1-14H,15-16H2,(H,26,28,30). The van der Waals surface area contributed by atoms with Crippen LogP contribution in [0.25, 0.3) is 21.6 Å². The maximum Gasteiger partial charge on any atom is 0.246 e. The number of para-hydroxylation sites is 3. The van der Waals surface area contributed by atoms with Crippen molar-refractivity contribution in [2.45, 2.75) is 13.2 Å². The first-order valence-corrected chi connectivity index (χ1v) is 10.9. The molecule has 0 saturated carbocycles. The van der Waals surface area contributed by atoms with Crippen molar-refractivity contribution in [1.29, 1.82) is 0 Å². The van der Waals surface area contributed by atoms with E-state index in [-0.39, 0.29) is 19.1 Å². The van der Waals surface area contributed by atoms with Crippen LogP contribution in [0.4, 0.5) is 5.13 Å². The van der Waals surface area contributed by atoms with Gasteiger partial charge in [0.1, 0.15) is 29.7 Å². The number of hydrogen-bond donors (Lipinski definition) is 1. The Bertz CT molecular complexity index is 1350. The summed E-state index contributed by atoms with van der Waals surface area (Å²) in [5, 5.41) is 12.4. The van der Waals surface area contributed by atoms with E-state index in [2.05, 4.69) is 20.5 Å². The van der Waals surface area contributed by atoms with Crippen molar-refractivity contribution in [1.82, 2.24) is 19.7 Å². The van der Waals surface area contributed by atoms with Crippen LogP contribution in [0.2, 0.25) is 0 Å². The minimum atomic E-state index is -0.204. The molecule has 158 valence electrons. The van der Waals surface area contributed by atoms with Gasteiger partial charge in [0, 0.05) is 5.56 Å². The largest absolute Gasteiger partial charge is 0.486 e. The number of nitrogens with one attached hydrogen (secondary N) is 1. The van der Waals surface area contributed by atoms with E-state index in [4.69, 9.17) is 4.74 Å². The molecule has 0 atom stereocenters. The Morgan fingerprint density at radius 1 is 0.906 bits per heavy atom. The molecule has 1 amide bonds. The highest BCUT2D eigenvalue weighted by Gasteiger charge is 2.16. The lowest BCUT2D eigenvalue weighted by molar-refractivity contribution is -0.116. The van der Waals surface area contributed by atoms with Crippen molar-refractivity contribution in [3.63, 3.8) is 0 Å². The summed E-state index contributed by atoms with van der Waals surface area (Å²) in [6.07, 6.45) is 0. The Kier molecular flexibility index (Phi) is 5.59. The second kappa shape index (κ2) is 8.99. The number of carbonyl (C=O) groups excluding carboxylic acids is 1. The first-order valence-electron chi connectivity index (χ1n) is 10.1. The number of imidazole rings is 1. The van der Waals surface area contributed by atoms with Gasteiger partial charge in [0.05, 0.1) is 11.0 Å². The molecule has 3 aromatic carbocycles. The Hall–Kier alpha value is -4.04. The van der Waals surface area contributed by atoms with Gasteiger partial charge in [-0.1, -0.05) is 72.0 Å². The third-order valence-electron chi connectivity index (χ3n) is 4.84. The first-order chi connectivity index (χ1) is 15.8. The van der Waals surface area contributed by atoms with Crippen LogP contribution in [-0.2, 0) is 17.9 Å². The predicted octanol–water partition coefficient (Wildman–Crippen LogP) is 4.77. The molecule has 32 heavy (non-hydrogen) atoms. The molecule has 0 aliphatic carbocycles. The van der Waals surface area contributed by atoms with Gasteiger partial charge in [0.2, 0.25) is 11.0 Å². The average Bonchev–Trinajstić information content (AvgIpc) is 3.44. The van der Waals surface area contributed by atoms with E-state index in [1.807, 2.05) is 89.5 Å². The maximum atomic E-state index is 12.8. The highest BCUT2D eigenvalue weighted by molar-refractivity contribution is 7.18. The number of hydrogen-bond acceptors (Lipinski definition) is 6. The van der Waals surface area contributed by atoms with Crippen LogP contribution in [0, 0.1) is 0 Å². The van der Waals surface area contributed by atoms with Crippen LogP contribution in [0.3, 0.4) is 0 Å². The summed E-state index contributed by atoms with van der Waals surface area (Å²) in [5.41, 5.74) is 2.65. The Balaban J connectivity index is 1.34. The van der Waals surface area contributed by atoms with Crippen LogP contribution in [0.1, 0.15) is 5.82 Å². The third kappa shape index (κ3) is 4.35. The van der Waals surface area contributed by atoms with Gasteiger partial charge in [-0.2, -0.15) is 0 Å². The number of rotatable bonds is 7. The van der Waals surface area contributed by atoms with Crippen molar-refractivity contribution in [3.8, 4) is 16.3 Å². The van der Waals surface area contributed by atoms with Crippen LogP contribution in [-0.4, -0.2) is 25.7 Å². The van der Waals surface area contributed by atoms with E-state index < -0.39 is 0 Å². The van der Waals surface area contributed by atoms with E-state index >= 15 is 0 Å². The molecule has 0 spiro atoms. The van der Waals surface area contributed by atoms with Gasteiger partial charge >= 0.3 is 0 Å². The van der Waals surface area contributed by atoms with Crippen LogP contribution < -0.4 is 10.1 Å². The molecule has 0 aliphatic rings. The molecule has 0 radical (unpaired) electrons.